The first-order chi connectivity index (χ1) is 19.1. The molecule has 1 saturated heterocycles. The first-order valence-corrected chi connectivity index (χ1v) is 14.1. The Morgan fingerprint density at radius 2 is 1.92 bits per heavy atom. The first-order valence-electron chi connectivity index (χ1n) is 13.7. The van der Waals surface area contributed by atoms with Crippen molar-refractivity contribution in [2.24, 2.45) is 0 Å². The van der Waals surface area contributed by atoms with E-state index < -0.39 is 0 Å². The molecule has 1 aliphatic rings. The third-order valence-corrected chi connectivity index (χ3v) is 7.47. The average Bonchev–Trinajstić information content (AvgIpc) is 3.50. The van der Waals surface area contributed by atoms with Crippen molar-refractivity contribution in [2.45, 2.75) is 71.1 Å². The highest BCUT2D eigenvalue weighted by atomic mass is 35.5. The third kappa shape index (κ3) is 6.54. The summed E-state index contributed by atoms with van der Waals surface area (Å²) < 4.78 is 7.86. The zero-order valence-electron chi connectivity index (χ0n) is 22.2. The Bertz CT molecular complexity index is 1360. The van der Waals surface area contributed by atoms with E-state index in [1.54, 1.807) is 0 Å². The molecule has 5 rings (SSSR count). The lowest BCUT2D eigenvalue weighted by Gasteiger charge is -2.16. The number of esters is 1. The molecule has 1 unspecified atom stereocenters. The number of H-pyrrole nitrogens is 1. The van der Waals surface area contributed by atoms with Crippen LogP contribution >= 0.6 is 11.6 Å². The summed E-state index contributed by atoms with van der Waals surface area (Å²) in [7, 11) is 0. The van der Waals surface area contributed by atoms with Crippen molar-refractivity contribution < 1.29 is 9.53 Å². The van der Waals surface area contributed by atoms with Crippen molar-refractivity contribution in [2.75, 3.05) is 6.54 Å². The Morgan fingerprint density at radius 1 is 1.10 bits per heavy atom. The van der Waals surface area contributed by atoms with Gasteiger partial charge in [0.25, 0.3) is 0 Å². The lowest BCUT2D eigenvalue weighted by Crippen LogP contribution is -2.37. The topological polar surface area (TPSA) is 111 Å². The van der Waals surface area contributed by atoms with Crippen LogP contribution < -0.4 is 5.32 Å². The van der Waals surface area contributed by atoms with Gasteiger partial charge in [-0.05, 0) is 47.7 Å². The van der Waals surface area contributed by atoms with Crippen molar-refractivity contribution in [1.82, 2.24) is 35.5 Å². The fourth-order valence-electron chi connectivity index (χ4n) is 5.00. The number of carbonyl (C=O) groups excluding carboxylic acids is 1. The number of aromatic nitrogens is 6. The van der Waals surface area contributed by atoms with Crippen molar-refractivity contribution in [1.29, 1.82) is 0 Å². The van der Waals surface area contributed by atoms with E-state index in [0.717, 1.165) is 85.3 Å². The lowest BCUT2D eigenvalue weighted by atomic mass is 9.98. The SMILES string of the molecule is CCCCc1nc(Cl)c(COC(=O)C2CCCCCN2)n1Cc1ccc(-c2ccccc2-c2nn[nH]n2)cc1. The van der Waals surface area contributed by atoms with Crippen molar-refractivity contribution in [3.05, 3.63) is 70.8 Å². The predicted molar refractivity (Wildman–Crippen MR) is 150 cm³/mol. The number of nitrogens with zero attached hydrogens (tertiary/aromatic N) is 5. The van der Waals surface area contributed by atoms with Gasteiger partial charge in [-0.15, -0.1) is 10.2 Å². The Hall–Kier alpha value is -3.56. The number of rotatable bonds is 10. The zero-order chi connectivity index (χ0) is 27.0. The van der Waals surface area contributed by atoms with Gasteiger partial charge in [0.05, 0.1) is 5.69 Å². The van der Waals surface area contributed by atoms with E-state index in [2.05, 4.69) is 72.7 Å². The van der Waals surface area contributed by atoms with Gasteiger partial charge in [0.2, 0.25) is 5.82 Å². The van der Waals surface area contributed by atoms with Crippen LogP contribution in [0.15, 0.2) is 48.5 Å². The number of aryl methyl sites for hydroxylation is 1. The second kappa shape index (κ2) is 13.0. The number of aromatic amines is 1. The minimum absolute atomic E-state index is 0.102. The molecule has 0 saturated carbocycles. The smallest absolute Gasteiger partial charge is 0.323 e. The molecule has 1 atom stereocenters. The summed E-state index contributed by atoms with van der Waals surface area (Å²) >= 11 is 6.60. The number of nitrogens with one attached hydrogen (secondary N) is 2. The molecule has 4 aromatic rings. The fourth-order valence-corrected chi connectivity index (χ4v) is 5.26. The quantitative estimate of drug-likeness (QED) is 0.257. The van der Waals surface area contributed by atoms with Gasteiger partial charge in [-0.2, -0.15) is 5.21 Å². The van der Waals surface area contributed by atoms with E-state index in [1.165, 1.54) is 0 Å². The monoisotopic (exact) mass is 547 g/mol. The molecule has 0 spiro atoms. The molecule has 2 aromatic heterocycles. The standard InChI is InChI=1S/C29H34ClN7O2/c1-2-3-12-26-32-27(30)25(19-39-29(38)24-11-5-4-8-17-31-24)37(26)18-20-13-15-21(16-14-20)22-9-6-7-10-23(22)28-33-35-36-34-28/h6-7,9-10,13-16,24,31H,2-5,8,11-12,17-19H2,1H3,(H,33,34,35,36). The third-order valence-electron chi connectivity index (χ3n) is 7.17. The second-order valence-electron chi connectivity index (χ2n) is 9.90. The second-order valence-corrected chi connectivity index (χ2v) is 10.3. The van der Waals surface area contributed by atoms with Crippen molar-refractivity contribution in [3.63, 3.8) is 0 Å². The van der Waals surface area contributed by atoms with Crippen LogP contribution in [0.1, 0.15) is 62.5 Å². The predicted octanol–water partition coefficient (Wildman–Crippen LogP) is 5.35. The van der Waals surface area contributed by atoms with E-state index in [-0.39, 0.29) is 18.6 Å². The number of unbranched alkanes of at least 4 members (excludes halogenated alkanes) is 1. The van der Waals surface area contributed by atoms with E-state index >= 15 is 0 Å². The number of benzene rings is 2. The lowest BCUT2D eigenvalue weighted by molar-refractivity contribution is -0.147. The zero-order valence-corrected chi connectivity index (χ0v) is 23.0. The van der Waals surface area contributed by atoms with Gasteiger partial charge in [-0.1, -0.05) is 86.3 Å². The van der Waals surface area contributed by atoms with E-state index in [1.807, 2.05) is 18.2 Å². The van der Waals surface area contributed by atoms with Gasteiger partial charge >= 0.3 is 5.97 Å². The highest BCUT2D eigenvalue weighted by molar-refractivity contribution is 6.30. The number of carbonyl (C=O) groups is 1. The molecule has 1 aliphatic heterocycles. The summed E-state index contributed by atoms with van der Waals surface area (Å²) in [6.07, 6.45) is 6.92. The molecule has 39 heavy (non-hydrogen) atoms. The summed E-state index contributed by atoms with van der Waals surface area (Å²) in [5, 5.41) is 18.2. The molecule has 9 nitrogen and oxygen atoms in total. The largest absolute Gasteiger partial charge is 0.458 e. The molecule has 204 valence electrons. The summed E-state index contributed by atoms with van der Waals surface area (Å²) in [6, 6.07) is 16.1. The normalized spacial score (nSPS) is 15.7. The van der Waals surface area contributed by atoms with Gasteiger partial charge in [0.1, 0.15) is 18.5 Å². The molecule has 0 radical (unpaired) electrons. The number of hydrogen-bond acceptors (Lipinski definition) is 7. The van der Waals surface area contributed by atoms with Crippen LogP contribution in [-0.4, -0.2) is 48.7 Å². The molecule has 0 amide bonds. The van der Waals surface area contributed by atoms with Gasteiger partial charge in [-0.3, -0.25) is 4.79 Å². The maximum absolute atomic E-state index is 12.8. The van der Waals surface area contributed by atoms with E-state index in [9.17, 15) is 4.79 Å². The van der Waals surface area contributed by atoms with E-state index in [4.69, 9.17) is 16.3 Å². The van der Waals surface area contributed by atoms with Crippen molar-refractivity contribution in [3.8, 4) is 22.5 Å². The molecular weight excluding hydrogens is 514 g/mol. The molecule has 3 heterocycles. The minimum atomic E-state index is -0.259. The fraction of sp³-hybridized carbons (Fsp3) is 0.414. The summed E-state index contributed by atoms with van der Waals surface area (Å²) in [4.78, 5) is 17.5. The maximum Gasteiger partial charge on any atom is 0.323 e. The Balaban J connectivity index is 1.36. The number of halogens is 1. The number of imidazole rings is 1. The van der Waals surface area contributed by atoms with Gasteiger partial charge in [-0.25, -0.2) is 4.98 Å². The molecule has 2 N–H and O–H groups in total. The van der Waals surface area contributed by atoms with Crippen LogP contribution in [0.25, 0.3) is 22.5 Å². The van der Waals surface area contributed by atoms with E-state index in [0.29, 0.717) is 17.5 Å². The summed E-state index contributed by atoms with van der Waals surface area (Å²) in [5.41, 5.74) is 4.82. The highest BCUT2D eigenvalue weighted by Gasteiger charge is 2.23. The average molecular weight is 548 g/mol. The first kappa shape index (κ1) is 27.0. The van der Waals surface area contributed by atoms with Crippen LogP contribution in [0.3, 0.4) is 0 Å². The van der Waals surface area contributed by atoms with Crippen LogP contribution in [0.4, 0.5) is 0 Å². The number of hydrogen-bond donors (Lipinski definition) is 2. The summed E-state index contributed by atoms with van der Waals surface area (Å²) in [5.74, 6) is 1.24. The molecule has 1 fully saturated rings. The molecule has 0 aliphatic carbocycles. The highest BCUT2D eigenvalue weighted by Crippen LogP contribution is 2.30. The Kier molecular flexibility index (Phi) is 9.00. The minimum Gasteiger partial charge on any atom is -0.458 e. The Morgan fingerprint density at radius 3 is 2.69 bits per heavy atom. The van der Waals surface area contributed by atoms with Gasteiger partial charge in [0, 0.05) is 18.5 Å². The molecule has 0 bridgehead atoms. The van der Waals surface area contributed by atoms with Crippen molar-refractivity contribution >= 4 is 17.6 Å². The number of tetrazole rings is 1. The number of ether oxygens (including phenoxy) is 1. The molecule has 10 heteroatoms. The van der Waals surface area contributed by atoms with Crippen LogP contribution in [0.5, 0.6) is 0 Å². The Labute approximate surface area is 233 Å². The molecular formula is C29H34ClN7O2. The van der Waals surface area contributed by atoms with Crippen LogP contribution in [0, 0.1) is 0 Å². The van der Waals surface area contributed by atoms with Gasteiger partial charge in [0.15, 0.2) is 5.15 Å². The van der Waals surface area contributed by atoms with Crippen LogP contribution in [-0.2, 0) is 29.1 Å². The summed E-state index contributed by atoms with van der Waals surface area (Å²) in [6.45, 7) is 3.68. The van der Waals surface area contributed by atoms with Gasteiger partial charge < -0.3 is 14.6 Å². The maximum atomic E-state index is 12.8. The van der Waals surface area contributed by atoms with Crippen LogP contribution in [0.2, 0.25) is 5.15 Å². The molecule has 2 aromatic carbocycles.